The summed E-state index contributed by atoms with van der Waals surface area (Å²) in [6, 6.07) is 5.41. The van der Waals surface area contributed by atoms with Gasteiger partial charge in [-0.15, -0.1) is 11.3 Å². The molecular formula is C16H19BrFNS. The highest BCUT2D eigenvalue weighted by Crippen LogP contribution is 2.36. The van der Waals surface area contributed by atoms with Crippen LogP contribution >= 0.6 is 27.3 Å². The molecule has 0 saturated heterocycles. The van der Waals surface area contributed by atoms with Gasteiger partial charge in [-0.25, -0.2) is 4.39 Å². The molecule has 1 heterocycles. The molecule has 0 bridgehead atoms. The van der Waals surface area contributed by atoms with Crippen LogP contribution in [0, 0.1) is 19.7 Å². The van der Waals surface area contributed by atoms with Gasteiger partial charge in [-0.2, -0.15) is 0 Å². The van der Waals surface area contributed by atoms with Crippen molar-refractivity contribution in [3.05, 3.63) is 55.4 Å². The Labute approximate surface area is 132 Å². The molecule has 0 aliphatic carbocycles. The molecule has 1 atom stereocenters. The SMILES string of the molecule is CCCNC(c1sccc1Br)c1c(C)cc(F)cc1C. The Morgan fingerprint density at radius 3 is 2.45 bits per heavy atom. The van der Waals surface area contributed by atoms with Gasteiger partial charge in [0.15, 0.2) is 0 Å². The summed E-state index contributed by atoms with van der Waals surface area (Å²) in [6.07, 6.45) is 1.07. The number of benzene rings is 1. The summed E-state index contributed by atoms with van der Waals surface area (Å²) in [5.74, 6) is -0.164. The smallest absolute Gasteiger partial charge is 0.123 e. The number of rotatable bonds is 5. The van der Waals surface area contributed by atoms with Crippen molar-refractivity contribution < 1.29 is 4.39 Å². The Kier molecular flexibility index (Phi) is 5.35. The Bertz CT molecular complexity index is 571. The van der Waals surface area contributed by atoms with Gasteiger partial charge in [-0.05, 0) is 83.0 Å². The van der Waals surface area contributed by atoms with Crippen LogP contribution in [0.1, 0.15) is 41.0 Å². The predicted octanol–water partition coefficient (Wildman–Crippen LogP) is 5.36. The van der Waals surface area contributed by atoms with E-state index in [1.165, 1.54) is 10.4 Å². The second-order valence-electron chi connectivity index (χ2n) is 4.97. The van der Waals surface area contributed by atoms with Gasteiger partial charge >= 0.3 is 0 Å². The molecule has 0 spiro atoms. The van der Waals surface area contributed by atoms with Crippen molar-refractivity contribution in [2.45, 2.75) is 33.2 Å². The van der Waals surface area contributed by atoms with Crippen LogP contribution in [0.2, 0.25) is 0 Å². The lowest BCUT2D eigenvalue weighted by atomic mass is 9.94. The van der Waals surface area contributed by atoms with Crippen LogP contribution in [0.4, 0.5) is 4.39 Å². The summed E-state index contributed by atoms with van der Waals surface area (Å²) < 4.78 is 14.6. The van der Waals surface area contributed by atoms with Crippen LogP contribution in [0.15, 0.2) is 28.1 Å². The molecule has 0 aliphatic heterocycles. The van der Waals surface area contributed by atoms with Crippen molar-refractivity contribution in [2.24, 2.45) is 0 Å². The van der Waals surface area contributed by atoms with Gasteiger partial charge in [0.1, 0.15) is 5.82 Å². The van der Waals surface area contributed by atoms with Crippen molar-refractivity contribution in [3.63, 3.8) is 0 Å². The molecular weight excluding hydrogens is 337 g/mol. The quantitative estimate of drug-likeness (QED) is 0.761. The van der Waals surface area contributed by atoms with Gasteiger partial charge in [0.25, 0.3) is 0 Å². The minimum Gasteiger partial charge on any atom is -0.306 e. The fraction of sp³-hybridized carbons (Fsp3) is 0.375. The molecule has 1 nitrogen and oxygen atoms in total. The van der Waals surface area contributed by atoms with Gasteiger partial charge in [0.2, 0.25) is 0 Å². The molecule has 1 N–H and O–H groups in total. The molecule has 0 amide bonds. The highest BCUT2D eigenvalue weighted by molar-refractivity contribution is 9.10. The van der Waals surface area contributed by atoms with E-state index in [9.17, 15) is 4.39 Å². The summed E-state index contributed by atoms with van der Waals surface area (Å²) in [6.45, 7) is 7.05. The van der Waals surface area contributed by atoms with Crippen molar-refractivity contribution in [1.29, 1.82) is 0 Å². The van der Waals surface area contributed by atoms with E-state index in [2.05, 4.69) is 39.6 Å². The summed E-state index contributed by atoms with van der Waals surface area (Å²) in [5, 5.41) is 5.67. The van der Waals surface area contributed by atoms with Crippen LogP contribution < -0.4 is 5.32 Å². The molecule has 2 rings (SSSR count). The normalized spacial score (nSPS) is 12.7. The molecule has 0 fully saturated rings. The lowest BCUT2D eigenvalue weighted by Crippen LogP contribution is -2.24. The van der Waals surface area contributed by atoms with Crippen LogP contribution in [-0.2, 0) is 0 Å². The van der Waals surface area contributed by atoms with E-state index < -0.39 is 0 Å². The number of hydrogen-bond acceptors (Lipinski definition) is 2. The minimum absolute atomic E-state index is 0.116. The molecule has 0 saturated carbocycles. The third-order valence-corrected chi connectivity index (χ3v) is 5.29. The van der Waals surface area contributed by atoms with Crippen molar-refractivity contribution in [2.75, 3.05) is 6.54 Å². The zero-order valence-corrected chi connectivity index (χ0v) is 14.4. The van der Waals surface area contributed by atoms with Gasteiger partial charge in [0.05, 0.1) is 6.04 Å². The zero-order chi connectivity index (χ0) is 14.7. The first kappa shape index (κ1) is 15.7. The molecule has 108 valence electrons. The molecule has 1 aromatic carbocycles. The molecule has 20 heavy (non-hydrogen) atoms. The monoisotopic (exact) mass is 355 g/mol. The maximum Gasteiger partial charge on any atom is 0.123 e. The topological polar surface area (TPSA) is 12.0 Å². The highest BCUT2D eigenvalue weighted by atomic mass is 79.9. The number of aryl methyl sites for hydroxylation is 2. The maximum atomic E-state index is 13.5. The minimum atomic E-state index is -0.164. The van der Waals surface area contributed by atoms with E-state index in [-0.39, 0.29) is 11.9 Å². The van der Waals surface area contributed by atoms with E-state index in [1.807, 2.05) is 13.8 Å². The fourth-order valence-corrected chi connectivity index (χ4v) is 4.19. The number of halogens is 2. The second-order valence-corrected chi connectivity index (χ2v) is 6.78. The van der Waals surface area contributed by atoms with Gasteiger partial charge in [0, 0.05) is 9.35 Å². The molecule has 1 unspecified atom stereocenters. The average Bonchev–Trinajstić information content (AvgIpc) is 2.78. The largest absolute Gasteiger partial charge is 0.306 e. The fourth-order valence-electron chi connectivity index (χ4n) is 2.50. The van der Waals surface area contributed by atoms with Crippen molar-refractivity contribution in [1.82, 2.24) is 5.32 Å². The predicted molar refractivity (Wildman–Crippen MR) is 88.0 cm³/mol. The zero-order valence-electron chi connectivity index (χ0n) is 12.0. The highest BCUT2D eigenvalue weighted by Gasteiger charge is 2.21. The van der Waals surface area contributed by atoms with Gasteiger partial charge < -0.3 is 5.32 Å². The number of hydrogen-bond donors (Lipinski definition) is 1. The van der Waals surface area contributed by atoms with Gasteiger partial charge in [-0.1, -0.05) is 6.92 Å². The Hall–Kier alpha value is -0.710. The van der Waals surface area contributed by atoms with E-state index >= 15 is 0 Å². The van der Waals surface area contributed by atoms with E-state index in [0.29, 0.717) is 0 Å². The van der Waals surface area contributed by atoms with Crippen molar-refractivity contribution in [3.8, 4) is 0 Å². The van der Waals surface area contributed by atoms with Crippen LogP contribution in [-0.4, -0.2) is 6.54 Å². The lowest BCUT2D eigenvalue weighted by Gasteiger charge is -2.23. The van der Waals surface area contributed by atoms with Gasteiger partial charge in [-0.3, -0.25) is 0 Å². The molecule has 4 heteroatoms. The third-order valence-electron chi connectivity index (χ3n) is 3.35. The lowest BCUT2D eigenvalue weighted by molar-refractivity contribution is 0.591. The summed E-state index contributed by atoms with van der Waals surface area (Å²) in [7, 11) is 0. The first-order chi connectivity index (χ1) is 9.54. The first-order valence-electron chi connectivity index (χ1n) is 6.77. The third kappa shape index (κ3) is 3.30. The van der Waals surface area contributed by atoms with E-state index in [4.69, 9.17) is 0 Å². The van der Waals surface area contributed by atoms with E-state index in [1.54, 1.807) is 23.5 Å². The average molecular weight is 356 g/mol. The standard InChI is InChI=1S/C16H19BrFNS/c1-4-6-19-15(16-13(17)5-7-20-16)14-10(2)8-12(18)9-11(14)3/h5,7-9,15,19H,4,6H2,1-3H3. The van der Waals surface area contributed by atoms with Crippen molar-refractivity contribution >= 4 is 27.3 Å². The Morgan fingerprint density at radius 2 is 1.95 bits per heavy atom. The number of thiophene rings is 1. The summed E-state index contributed by atoms with van der Waals surface area (Å²) in [4.78, 5) is 1.25. The van der Waals surface area contributed by atoms with Crippen LogP contribution in [0.5, 0.6) is 0 Å². The Morgan fingerprint density at radius 1 is 1.30 bits per heavy atom. The molecule has 0 radical (unpaired) electrons. The summed E-state index contributed by atoms with van der Waals surface area (Å²) in [5.41, 5.74) is 3.18. The van der Waals surface area contributed by atoms with Crippen LogP contribution in [0.25, 0.3) is 0 Å². The first-order valence-corrected chi connectivity index (χ1v) is 8.44. The number of nitrogens with one attached hydrogen (secondary N) is 1. The summed E-state index contributed by atoms with van der Waals surface area (Å²) >= 11 is 5.34. The Balaban J connectivity index is 2.50. The molecule has 1 aromatic heterocycles. The molecule has 2 aromatic rings. The molecule has 0 aliphatic rings. The maximum absolute atomic E-state index is 13.5. The van der Waals surface area contributed by atoms with E-state index in [0.717, 1.165) is 28.6 Å². The second kappa shape index (κ2) is 6.83. The van der Waals surface area contributed by atoms with Crippen LogP contribution in [0.3, 0.4) is 0 Å².